The predicted octanol–water partition coefficient (Wildman–Crippen LogP) is 7.95. The van der Waals surface area contributed by atoms with E-state index >= 15 is 0 Å². The summed E-state index contributed by atoms with van der Waals surface area (Å²) in [6.07, 6.45) is 1.79. The number of nitrogens with zero attached hydrogens (tertiary/aromatic N) is 1. The molecule has 4 rings (SSSR count). The molecule has 1 N–H and O–H groups in total. The number of amidine groups is 1. The molecule has 0 saturated carbocycles. The van der Waals surface area contributed by atoms with E-state index in [2.05, 4.69) is 42.2 Å². The minimum absolute atomic E-state index is 0.194. The van der Waals surface area contributed by atoms with Crippen LogP contribution in [0, 0.1) is 13.8 Å². The van der Waals surface area contributed by atoms with E-state index in [1.807, 2.05) is 62.4 Å². The Kier molecular flexibility index (Phi) is 7.64. The van der Waals surface area contributed by atoms with Crippen molar-refractivity contribution in [1.29, 1.82) is 0 Å². The van der Waals surface area contributed by atoms with Crippen LogP contribution in [0.1, 0.15) is 22.3 Å². The number of hydrogen-bond donors (Lipinski definition) is 1. The standard InChI is InChI=1S/C25H19Br2ClN2O2S/c1-14-8-18(9-15(2)22(14)27)29-25-30-24(31)21(33-25)12-17-10-19(26)23(20(28)11-17)32-13-16-6-4-3-5-7-16/h3-12H,13H2,1-2H3,(H,29,30,31)/b21-12-. The van der Waals surface area contributed by atoms with Crippen molar-refractivity contribution in [3.63, 3.8) is 0 Å². The number of carbonyl (C=O) groups is 1. The molecule has 0 bridgehead atoms. The van der Waals surface area contributed by atoms with Gasteiger partial charge in [-0.1, -0.05) is 57.9 Å². The Bertz CT molecular complexity index is 1250. The van der Waals surface area contributed by atoms with Crippen LogP contribution in [0.2, 0.25) is 5.02 Å². The van der Waals surface area contributed by atoms with Gasteiger partial charge in [0.25, 0.3) is 5.91 Å². The number of thioether (sulfide) groups is 1. The number of benzene rings is 3. The summed E-state index contributed by atoms with van der Waals surface area (Å²) in [4.78, 5) is 17.6. The van der Waals surface area contributed by atoms with Crippen molar-refractivity contribution in [3.05, 3.63) is 95.7 Å². The summed E-state index contributed by atoms with van der Waals surface area (Å²) in [7, 11) is 0. The topological polar surface area (TPSA) is 50.7 Å². The third-order valence-electron chi connectivity index (χ3n) is 4.85. The molecule has 1 saturated heterocycles. The lowest BCUT2D eigenvalue weighted by molar-refractivity contribution is -0.115. The van der Waals surface area contributed by atoms with Crippen LogP contribution in [0.15, 0.2) is 73.4 Å². The van der Waals surface area contributed by atoms with E-state index in [-0.39, 0.29) is 5.91 Å². The number of aliphatic imine (C=N–C) groups is 1. The fourth-order valence-electron chi connectivity index (χ4n) is 3.27. The van der Waals surface area contributed by atoms with Gasteiger partial charge in [-0.25, -0.2) is 4.99 Å². The second kappa shape index (κ2) is 10.5. The highest BCUT2D eigenvalue weighted by Gasteiger charge is 2.24. The molecule has 0 unspecified atom stereocenters. The molecule has 33 heavy (non-hydrogen) atoms. The number of ether oxygens (including phenoxy) is 1. The smallest absolute Gasteiger partial charge is 0.264 e. The second-order valence-corrected chi connectivity index (χ2v) is 10.5. The van der Waals surface area contributed by atoms with Crippen molar-refractivity contribution in [3.8, 4) is 5.75 Å². The van der Waals surface area contributed by atoms with E-state index in [4.69, 9.17) is 16.3 Å². The summed E-state index contributed by atoms with van der Waals surface area (Å²) in [5.74, 6) is 0.371. The molecular weight excluding hydrogens is 588 g/mol. The maximum Gasteiger partial charge on any atom is 0.264 e. The highest BCUT2D eigenvalue weighted by Crippen LogP contribution is 2.37. The van der Waals surface area contributed by atoms with Gasteiger partial charge in [-0.15, -0.1) is 0 Å². The molecule has 0 aliphatic carbocycles. The summed E-state index contributed by atoms with van der Waals surface area (Å²) >= 11 is 14.9. The van der Waals surface area contributed by atoms with E-state index in [1.54, 1.807) is 12.1 Å². The van der Waals surface area contributed by atoms with E-state index in [0.29, 0.717) is 27.5 Å². The van der Waals surface area contributed by atoms with Crippen LogP contribution >= 0.6 is 55.2 Å². The van der Waals surface area contributed by atoms with Crippen LogP contribution in [0.5, 0.6) is 5.75 Å². The van der Waals surface area contributed by atoms with Crippen LogP contribution < -0.4 is 10.1 Å². The first-order chi connectivity index (χ1) is 15.8. The maximum atomic E-state index is 12.5. The molecule has 0 aromatic heterocycles. The quantitative estimate of drug-likeness (QED) is 0.300. The SMILES string of the molecule is Cc1cc(N=C2NC(=O)/C(=C/c3cc(Cl)c(OCc4ccccc4)c(Br)c3)S2)cc(C)c1Br. The normalized spacial score (nSPS) is 15.8. The molecule has 168 valence electrons. The summed E-state index contributed by atoms with van der Waals surface area (Å²) in [6.45, 7) is 4.44. The van der Waals surface area contributed by atoms with Gasteiger partial charge in [-0.2, -0.15) is 0 Å². The Morgan fingerprint density at radius 1 is 1.09 bits per heavy atom. The van der Waals surface area contributed by atoms with E-state index in [9.17, 15) is 4.79 Å². The molecule has 3 aromatic carbocycles. The zero-order valence-electron chi connectivity index (χ0n) is 17.8. The van der Waals surface area contributed by atoms with Gasteiger partial charge in [0.05, 0.1) is 20.1 Å². The van der Waals surface area contributed by atoms with Crippen molar-refractivity contribution in [2.24, 2.45) is 4.99 Å². The van der Waals surface area contributed by atoms with Crippen LogP contribution in [0.25, 0.3) is 6.08 Å². The van der Waals surface area contributed by atoms with Gasteiger partial charge in [-0.05, 0) is 94.1 Å². The minimum atomic E-state index is -0.194. The fourth-order valence-corrected chi connectivity index (χ4v) is 5.33. The molecule has 4 nitrogen and oxygen atoms in total. The number of hydrogen-bond acceptors (Lipinski definition) is 4. The first-order valence-corrected chi connectivity index (χ1v) is 12.8. The molecular formula is C25H19Br2ClN2O2S. The van der Waals surface area contributed by atoms with E-state index < -0.39 is 0 Å². The van der Waals surface area contributed by atoms with Gasteiger partial charge in [0.2, 0.25) is 0 Å². The van der Waals surface area contributed by atoms with Gasteiger partial charge >= 0.3 is 0 Å². The van der Waals surface area contributed by atoms with Gasteiger partial charge in [0.15, 0.2) is 10.9 Å². The van der Waals surface area contributed by atoms with Crippen molar-refractivity contribution >= 4 is 78.1 Å². The Labute approximate surface area is 218 Å². The lowest BCUT2D eigenvalue weighted by Gasteiger charge is -2.11. The summed E-state index contributed by atoms with van der Waals surface area (Å²) in [5.41, 5.74) is 4.81. The first kappa shape index (κ1) is 24.1. The van der Waals surface area contributed by atoms with Crippen molar-refractivity contribution in [1.82, 2.24) is 5.32 Å². The van der Waals surface area contributed by atoms with Crippen LogP contribution in [-0.4, -0.2) is 11.1 Å². The summed E-state index contributed by atoms with van der Waals surface area (Å²) in [5, 5.41) is 3.84. The fraction of sp³-hybridized carbons (Fsp3) is 0.120. The lowest BCUT2D eigenvalue weighted by atomic mass is 10.1. The average molecular weight is 607 g/mol. The number of amides is 1. The molecule has 3 aromatic rings. The van der Waals surface area contributed by atoms with Crippen LogP contribution in [0.3, 0.4) is 0 Å². The molecule has 8 heteroatoms. The van der Waals surface area contributed by atoms with Gasteiger partial charge < -0.3 is 10.1 Å². The molecule has 0 radical (unpaired) electrons. The van der Waals surface area contributed by atoms with Crippen molar-refractivity contribution in [2.75, 3.05) is 0 Å². The molecule has 1 heterocycles. The highest BCUT2D eigenvalue weighted by molar-refractivity contribution is 9.10. The number of nitrogens with one attached hydrogen (secondary N) is 1. The van der Waals surface area contributed by atoms with Gasteiger partial charge in [-0.3, -0.25) is 4.79 Å². The monoisotopic (exact) mass is 604 g/mol. The predicted molar refractivity (Wildman–Crippen MR) is 144 cm³/mol. The third-order valence-corrected chi connectivity index (χ3v) is 7.88. The Morgan fingerprint density at radius 2 is 1.79 bits per heavy atom. The van der Waals surface area contributed by atoms with Crippen LogP contribution in [-0.2, 0) is 11.4 Å². The number of aryl methyl sites for hydroxylation is 2. The molecule has 1 fully saturated rings. The summed E-state index contributed by atoms with van der Waals surface area (Å²) in [6, 6.07) is 17.5. The Morgan fingerprint density at radius 3 is 2.45 bits per heavy atom. The highest BCUT2D eigenvalue weighted by atomic mass is 79.9. The molecule has 1 aliphatic heterocycles. The van der Waals surface area contributed by atoms with E-state index in [0.717, 1.165) is 36.9 Å². The largest absolute Gasteiger partial charge is 0.486 e. The van der Waals surface area contributed by atoms with Crippen molar-refractivity contribution in [2.45, 2.75) is 20.5 Å². The second-order valence-electron chi connectivity index (χ2n) is 7.46. The first-order valence-electron chi connectivity index (χ1n) is 10.0. The zero-order valence-corrected chi connectivity index (χ0v) is 22.5. The van der Waals surface area contributed by atoms with E-state index in [1.165, 1.54) is 11.8 Å². The maximum absolute atomic E-state index is 12.5. The van der Waals surface area contributed by atoms with Crippen molar-refractivity contribution < 1.29 is 9.53 Å². The molecule has 0 atom stereocenters. The van der Waals surface area contributed by atoms with Gasteiger partial charge in [0.1, 0.15) is 6.61 Å². The molecule has 1 aliphatic rings. The van der Waals surface area contributed by atoms with Crippen LogP contribution in [0.4, 0.5) is 5.69 Å². The zero-order chi connectivity index (χ0) is 23.5. The summed E-state index contributed by atoms with van der Waals surface area (Å²) < 4.78 is 7.69. The number of halogens is 3. The lowest BCUT2D eigenvalue weighted by Crippen LogP contribution is -2.19. The Hall–Kier alpha value is -2.06. The number of carbonyl (C=O) groups excluding carboxylic acids is 1. The average Bonchev–Trinajstić information content (AvgIpc) is 3.10. The minimum Gasteiger partial charge on any atom is -0.486 e. The molecule has 0 spiro atoms. The number of rotatable bonds is 5. The molecule has 1 amide bonds. The van der Waals surface area contributed by atoms with Gasteiger partial charge in [0, 0.05) is 4.47 Å². The Balaban J connectivity index is 1.52. The third kappa shape index (κ3) is 5.90.